The Morgan fingerprint density at radius 2 is 2.24 bits per heavy atom. The lowest BCUT2D eigenvalue weighted by molar-refractivity contribution is -0.142. The average Bonchev–Trinajstić information content (AvgIpc) is 2.21. The monoisotopic (exact) mass is 232 g/mol. The lowest BCUT2D eigenvalue weighted by atomic mass is 9.77. The molecule has 2 nitrogen and oxygen atoms in total. The van der Waals surface area contributed by atoms with Gasteiger partial charge in [-0.3, -0.25) is 4.79 Å². The van der Waals surface area contributed by atoms with Crippen LogP contribution in [-0.2, 0) is 11.2 Å². The zero-order valence-corrected chi connectivity index (χ0v) is 10.4. The fourth-order valence-corrected chi connectivity index (χ4v) is 2.53. The predicted octanol–water partition coefficient (Wildman–Crippen LogP) is 3.43. The minimum atomic E-state index is -0.640. The number of rotatable bonds is 5. The summed E-state index contributed by atoms with van der Waals surface area (Å²) < 4.78 is 0. The molecule has 2 rings (SSSR count). The molecule has 1 N–H and O–H groups in total. The number of hydrogen-bond acceptors (Lipinski definition) is 1. The molecular weight excluding hydrogens is 212 g/mol. The lowest BCUT2D eigenvalue weighted by Gasteiger charge is -2.28. The summed E-state index contributed by atoms with van der Waals surface area (Å²) in [5.41, 5.74) is 2.35. The number of hydrogen-bond donors (Lipinski definition) is 1. The quantitative estimate of drug-likeness (QED) is 0.844. The van der Waals surface area contributed by atoms with Gasteiger partial charge in [0.15, 0.2) is 0 Å². The second kappa shape index (κ2) is 5.35. The largest absolute Gasteiger partial charge is 0.481 e. The van der Waals surface area contributed by atoms with Gasteiger partial charge in [0.25, 0.3) is 0 Å². The molecule has 0 aliphatic heterocycles. The Morgan fingerprint density at radius 1 is 1.47 bits per heavy atom. The van der Waals surface area contributed by atoms with Gasteiger partial charge in [0.1, 0.15) is 0 Å². The summed E-state index contributed by atoms with van der Waals surface area (Å²) in [4.78, 5) is 11.3. The third kappa shape index (κ3) is 3.32. The fourth-order valence-electron chi connectivity index (χ4n) is 2.53. The third-order valence-corrected chi connectivity index (χ3v) is 3.76. The van der Waals surface area contributed by atoms with Gasteiger partial charge in [0, 0.05) is 0 Å². The van der Waals surface area contributed by atoms with Gasteiger partial charge >= 0.3 is 5.97 Å². The first kappa shape index (κ1) is 12.2. The molecule has 1 aliphatic carbocycles. The Bertz CT molecular complexity index is 394. The molecule has 0 spiro atoms. The molecule has 1 aromatic carbocycles. The molecule has 1 saturated carbocycles. The topological polar surface area (TPSA) is 37.3 Å². The van der Waals surface area contributed by atoms with Gasteiger partial charge in [0.05, 0.1) is 5.92 Å². The molecule has 0 saturated heterocycles. The Hall–Kier alpha value is -1.31. The molecule has 0 radical (unpaired) electrons. The van der Waals surface area contributed by atoms with Gasteiger partial charge in [-0.05, 0) is 31.2 Å². The van der Waals surface area contributed by atoms with Crippen molar-refractivity contribution in [2.45, 2.75) is 39.0 Å². The molecule has 0 bridgehead atoms. The van der Waals surface area contributed by atoms with Crippen molar-refractivity contribution < 1.29 is 9.90 Å². The zero-order chi connectivity index (χ0) is 12.3. The second-order valence-electron chi connectivity index (χ2n) is 5.26. The van der Waals surface area contributed by atoms with Crippen LogP contribution in [0.4, 0.5) is 0 Å². The van der Waals surface area contributed by atoms with E-state index in [9.17, 15) is 9.90 Å². The van der Waals surface area contributed by atoms with Gasteiger partial charge in [-0.15, -0.1) is 0 Å². The van der Waals surface area contributed by atoms with Crippen molar-refractivity contribution in [1.82, 2.24) is 0 Å². The SMILES string of the molecule is Cc1cccc(CC(CC2CCC2)C(=O)O)c1. The van der Waals surface area contributed by atoms with E-state index in [2.05, 4.69) is 6.07 Å². The van der Waals surface area contributed by atoms with Crippen molar-refractivity contribution in [3.05, 3.63) is 35.4 Å². The molecule has 1 unspecified atom stereocenters. The van der Waals surface area contributed by atoms with Gasteiger partial charge in [0.2, 0.25) is 0 Å². The van der Waals surface area contributed by atoms with Crippen LogP contribution < -0.4 is 0 Å². The molecular formula is C15H20O2. The van der Waals surface area contributed by atoms with E-state index in [0.29, 0.717) is 12.3 Å². The number of aliphatic carboxylic acids is 1. The summed E-state index contributed by atoms with van der Waals surface area (Å²) in [5, 5.41) is 9.27. The normalized spacial score (nSPS) is 17.5. The van der Waals surface area contributed by atoms with Crippen molar-refractivity contribution in [1.29, 1.82) is 0 Å². The van der Waals surface area contributed by atoms with Gasteiger partial charge in [-0.2, -0.15) is 0 Å². The minimum Gasteiger partial charge on any atom is -0.481 e. The highest BCUT2D eigenvalue weighted by molar-refractivity contribution is 5.70. The van der Waals surface area contributed by atoms with Crippen molar-refractivity contribution in [3.8, 4) is 0 Å². The predicted molar refractivity (Wildman–Crippen MR) is 68.0 cm³/mol. The smallest absolute Gasteiger partial charge is 0.306 e. The van der Waals surface area contributed by atoms with Crippen molar-refractivity contribution in [2.24, 2.45) is 11.8 Å². The maximum atomic E-state index is 11.3. The Labute approximate surface area is 103 Å². The maximum Gasteiger partial charge on any atom is 0.306 e. The van der Waals surface area contributed by atoms with E-state index in [4.69, 9.17) is 0 Å². The first-order valence-corrected chi connectivity index (χ1v) is 6.43. The van der Waals surface area contributed by atoms with Crippen LogP contribution in [0.25, 0.3) is 0 Å². The van der Waals surface area contributed by atoms with Crippen LogP contribution in [0.5, 0.6) is 0 Å². The number of carbonyl (C=O) groups is 1. The van der Waals surface area contributed by atoms with E-state index >= 15 is 0 Å². The van der Waals surface area contributed by atoms with Crippen LogP contribution in [0.3, 0.4) is 0 Å². The van der Waals surface area contributed by atoms with E-state index < -0.39 is 5.97 Å². The zero-order valence-electron chi connectivity index (χ0n) is 10.4. The van der Waals surface area contributed by atoms with E-state index in [1.165, 1.54) is 24.8 Å². The molecule has 92 valence electrons. The highest BCUT2D eigenvalue weighted by atomic mass is 16.4. The minimum absolute atomic E-state index is 0.206. The highest BCUT2D eigenvalue weighted by Gasteiger charge is 2.26. The highest BCUT2D eigenvalue weighted by Crippen LogP contribution is 2.33. The number of benzene rings is 1. The summed E-state index contributed by atoms with van der Waals surface area (Å²) in [7, 11) is 0. The van der Waals surface area contributed by atoms with E-state index in [-0.39, 0.29) is 5.92 Å². The summed E-state index contributed by atoms with van der Waals surface area (Å²) in [6.45, 7) is 2.05. The first-order valence-electron chi connectivity index (χ1n) is 6.43. The van der Waals surface area contributed by atoms with Crippen LogP contribution in [0.1, 0.15) is 36.8 Å². The molecule has 1 aromatic rings. The first-order chi connectivity index (χ1) is 8.15. The average molecular weight is 232 g/mol. The molecule has 0 heterocycles. The Kier molecular flexibility index (Phi) is 3.82. The Balaban J connectivity index is 1.99. The van der Waals surface area contributed by atoms with Crippen molar-refractivity contribution >= 4 is 5.97 Å². The number of aryl methyl sites for hydroxylation is 1. The van der Waals surface area contributed by atoms with Gasteiger partial charge in [-0.25, -0.2) is 0 Å². The maximum absolute atomic E-state index is 11.3. The molecule has 1 aliphatic rings. The molecule has 1 fully saturated rings. The Morgan fingerprint density at radius 3 is 2.76 bits per heavy atom. The van der Waals surface area contributed by atoms with Crippen LogP contribution >= 0.6 is 0 Å². The van der Waals surface area contributed by atoms with Gasteiger partial charge in [-0.1, -0.05) is 49.1 Å². The molecule has 1 atom stereocenters. The number of carboxylic acid groups (broad SMARTS) is 1. The van der Waals surface area contributed by atoms with Gasteiger partial charge < -0.3 is 5.11 Å². The number of carboxylic acids is 1. The van der Waals surface area contributed by atoms with Crippen LogP contribution in [0.15, 0.2) is 24.3 Å². The van der Waals surface area contributed by atoms with Crippen molar-refractivity contribution in [2.75, 3.05) is 0 Å². The standard InChI is InChI=1S/C15H20O2/c1-11-4-2-7-13(8-11)10-14(15(16)17)9-12-5-3-6-12/h2,4,7-8,12,14H,3,5-6,9-10H2,1H3,(H,16,17). The molecule has 0 aromatic heterocycles. The second-order valence-corrected chi connectivity index (χ2v) is 5.26. The van der Waals surface area contributed by atoms with Crippen LogP contribution in [-0.4, -0.2) is 11.1 Å². The molecule has 0 amide bonds. The fraction of sp³-hybridized carbons (Fsp3) is 0.533. The van der Waals surface area contributed by atoms with E-state index in [0.717, 1.165) is 12.0 Å². The van der Waals surface area contributed by atoms with Crippen molar-refractivity contribution in [3.63, 3.8) is 0 Å². The van der Waals surface area contributed by atoms with Crippen LogP contribution in [0, 0.1) is 18.8 Å². The van der Waals surface area contributed by atoms with E-state index in [1.807, 2.05) is 25.1 Å². The summed E-state index contributed by atoms with van der Waals surface area (Å²) >= 11 is 0. The summed E-state index contributed by atoms with van der Waals surface area (Å²) in [6.07, 6.45) is 5.24. The summed E-state index contributed by atoms with van der Waals surface area (Å²) in [6, 6.07) is 8.18. The van der Waals surface area contributed by atoms with E-state index in [1.54, 1.807) is 0 Å². The summed E-state index contributed by atoms with van der Waals surface area (Å²) in [5.74, 6) is -0.193. The molecule has 17 heavy (non-hydrogen) atoms. The third-order valence-electron chi connectivity index (χ3n) is 3.76. The lowest BCUT2D eigenvalue weighted by Crippen LogP contribution is -2.23. The molecule has 2 heteroatoms. The van der Waals surface area contributed by atoms with Crippen LogP contribution in [0.2, 0.25) is 0 Å².